The van der Waals surface area contributed by atoms with Crippen LogP contribution >= 0.6 is 11.6 Å². The van der Waals surface area contributed by atoms with E-state index in [0.29, 0.717) is 10.6 Å². The molecule has 0 unspecified atom stereocenters. The van der Waals surface area contributed by atoms with E-state index in [1.54, 1.807) is 29.2 Å². The third-order valence-corrected chi connectivity index (χ3v) is 6.47. The predicted octanol–water partition coefficient (Wildman–Crippen LogP) is 3.63. The number of hydrogen-bond donors (Lipinski definition) is 1. The number of carbonyl (C=O) groups excluding carboxylic acids is 2. The highest BCUT2D eigenvalue weighted by atomic mass is 35.5. The number of methoxy groups -OCH3 is 1. The summed E-state index contributed by atoms with van der Waals surface area (Å²) in [5.74, 6) is -1.08. The van der Waals surface area contributed by atoms with Gasteiger partial charge in [-0.25, -0.2) is 17.9 Å². The number of hydrogen-bond acceptors (Lipinski definition) is 6. The highest BCUT2D eigenvalue weighted by Crippen LogP contribution is 2.25. The van der Waals surface area contributed by atoms with Gasteiger partial charge >= 0.3 is 5.97 Å². The fourth-order valence-corrected chi connectivity index (χ4v) is 4.67. The van der Waals surface area contributed by atoms with E-state index < -0.39 is 22.6 Å². The first kappa shape index (κ1) is 26.6. The summed E-state index contributed by atoms with van der Waals surface area (Å²) >= 11 is 5.85. The van der Waals surface area contributed by atoms with Crippen molar-refractivity contribution in [1.82, 2.24) is 9.62 Å². The van der Waals surface area contributed by atoms with Crippen LogP contribution in [0.5, 0.6) is 5.75 Å². The van der Waals surface area contributed by atoms with Crippen molar-refractivity contribution >= 4 is 33.5 Å². The van der Waals surface area contributed by atoms with Crippen molar-refractivity contribution in [2.24, 2.45) is 0 Å². The fourth-order valence-electron chi connectivity index (χ4n) is 3.33. The van der Waals surface area contributed by atoms with Crippen molar-refractivity contribution < 1.29 is 27.5 Å². The van der Waals surface area contributed by atoms with E-state index in [1.807, 2.05) is 27.7 Å². The first-order valence-corrected chi connectivity index (χ1v) is 12.2. The molecule has 8 nitrogen and oxygen atoms in total. The van der Waals surface area contributed by atoms with Gasteiger partial charge in [0.25, 0.3) is 5.91 Å². The molecule has 2 aromatic carbocycles. The Kier molecular flexibility index (Phi) is 9.27. The number of ether oxygens (including phenoxy) is 2. The van der Waals surface area contributed by atoms with Gasteiger partial charge in [-0.2, -0.15) is 0 Å². The Labute approximate surface area is 199 Å². The topological polar surface area (TPSA) is 102 Å². The van der Waals surface area contributed by atoms with E-state index in [-0.39, 0.29) is 40.7 Å². The number of sulfonamides is 1. The summed E-state index contributed by atoms with van der Waals surface area (Å²) in [6.07, 6.45) is 0. The van der Waals surface area contributed by atoms with Crippen molar-refractivity contribution in [3.8, 4) is 5.75 Å². The van der Waals surface area contributed by atoms with Crippen LogP contribution in [0.25, 0.3) is 0 Å². The van der Waals surface area contributed by atoms with Crippen molar-refractivity contribution in [3.05, 3.63) is 58.6 Å². The molecule has 2 rings (SSSR count). The van der Waals surface area contributed by atoms with Crippen LogP contribution in [0.15, 0.2) is 47.4 Å². The Morgan fingerprint density at radius 2 is 1.64 bits per heavy atom. The predicted molar refractivity (Wildman–Crippen MR) is 126 cm³/mol. The average molecular weight is 497 g/mol. The van der Waals surface area contributed by atoms with E-state index in [9.17, 15) is 18.0 Å². The number of halogens is 1. The standard InChI is InChI=1S/C23H29ClN2O6S/c1-15(2)26(16(3)4)22(27)14-32-23(28)18-8-11-20(31-5)21(12-18)33(29,30)25-13-17-6-9-19(24)10-7-17/h6-12,15-16,25H,13-14H2,1-5H3. The number of rotatable bonds is 10. The van der Waals surface area contributed by atoms with Crippen LogP contribution in [0.2, 0.25) is 5.02 Å². The van der Waals surface area contributed by atoms with Crippen LogP contribution in [-0.4, -0.2) is 51.0 Å². The Bertz CT molecular complexity index is 1080. The second-order valence-electron chi connectivity index (χ2n) is 7.88. The largest absolute Gasteiger partial charge is 0.495 e. The van der Waals surface area contributed by atoms with Gasteiger partial charge in [-0.05, 0) is 63.6 Å². The Balaban J connectivity index is 2.17. The molecule has 0 atom stereocenters. The molecule has 0 saturated heterocycles. The summed E-state index contributed by atoms with van der Waals surface area (Å²) in [4.78, 5) is 26.4. The zero-order valence-corrected chi connectivity index (χ0v) is 20.9. The van der Waals surface area contributed by atoms with Crippen molar-refractivity contribution in [2.45, 2.75) is 51.2 Å². The van der Waals surface area contributed by atoms with E-state index in [0.717, 1.165) is 0 Å². The minimum absolute atomic E-state index is 0.0175. The monoisotopic (exact) mass is 496 g/mol. The molecule has 0 radical (unpaired) electrons. The van der Waals surface area contributed by atoms with Crippen molar-refractivity contribution in [2.75, 3.05) is 13.7 Å². The van der Waals surface area contributed by atoms with E-state index in [1.165, 1.54) is 25.3 Å². The van der Waals surface area contributed by atoms with Gasteiger partial charge in [0.05, 0.1) is 12.7 Å². The fraction of sp³-hybridized carbons (Fsp3) is 0.391. The molecule has 0 spiro atoms. The number of nitrogens with zero attached hydrogens (tertiary/aromatic N) is 1. The molecule has 0 fully saturated rings. The summed E-state index contributed by atoms with van der Waals surface area (Å²) in [6, 6.07) is 10.5. The van der Waals surface area contributed by atoms with Crippen LogP contribution in [0.1, 0.15) is 43.6 Å². The number of carbonyl (C=O) groups is 2. The maximum Gasteiger partial charge on any atom is 0.338 e. The summed E-state index contributed by atoms with van der Waals surface area (Å²) in [5, 5.41) is 0.540. The van der Waals surface area contributed by atoms with Gasteiger partial charge in [-0.15, -0.1) is 0 Å². The second kappa shape index (κ2) is 11.5. The van der Waals surface area contributed by atoms with Crippen molar-refractivity contribution in [1.29, 1.82) is 0 Å². The molecule has 1 N–H and O–H groups in total. The van der Waals surface area contributed by atoms with E-state index in [2.05, 4.69) is 4.72 Å². The first-order valence-electron chi connectivity index (χ1n) is 10.4. The minimum atomic E-state index is -4.03. The lowest BCUT2D eigenvalue weighted by molar-refractivity contribution is -0.138. The Hall–Kier alpha value is -2.62. The minimum Gasteiger partial charge on any atom is -0.495 e. The third kappa shape index (κ3) is 7.18. The smallest absolute Gasteiger partial charge is 0.338 e. The molecule has 1 amide bonds. The molecule has 33 heavy (non-hydrogen) atoms. The highest BCUT2D eigenvalue weighted by molar-refractivity contribution is 7.89. The van der Waals surface area contributed by atoms with Gasteiger partial charge in [-0.1, -0.05) is 23.7 Å². The SMILES string of the molecule is COc1ccc(C(=O)OCC(=O)N(C(C)C)C(C)C)cc1S(=O)(=O)NCc1ccc(Cl)cc1. The molecule has 0 aliphatic heterocycles. The van der Waals surface area contributed by atoms with Gasteiger partial charge in [0.15, 0.2) is 6.61 Å². The van der Waals surface area contributed by atoms with Gasteiger partial charge in [0.1, 0.15) is 10.6 Å². The highest BCUT2D eigenvalue weighted by Gasteiger charge is 2.24. The van der Waals surface area contributed by atoms with Crippen LogP contribution in [0.3, 0.4) is 0 Å². The molecule has 0 aliphatic carbocycles. The summed E-state index contributed by atoms with van der Waals surface area (Å²) in [5.41, 5.74) is 0.687. The van der Waals surface area contributed by atoms with Gasteiger partial charge in [0, 0.05) is 23.7 Å². The van der Waals surface area contributed by atoms with Crippen LogP contribution < -0.4 is 9.46 Å². The zero-order valence-electron chi connectivity index (χ0n) is 19.3. The average Bonchev–Trinajstić information content (AvgIpc) is 2.76. The number of amides is 1. The lowest BCUT2D eigenvalue weighted by atomic mass is 10.2. The van der Waals surface area contributed by atoms with Crippen LogP contribution in [0.4, 0.5) is 0 Å². The number of esters is 1. The van der Waals surface area contributed by atoms with Crippen LogP contribution in [0, 0.1) is 0 Å². The molecule has 0 bridgehead atoms. The number of benzene rings is 2. The lowest BCUT2D eigenvalue weighted by Crippen LogP contribution is -2.44. The van der Waals surface area contributed by atoms with Gasteiger partial charge in [0.2, 0.25) is 10.0 Å². The Morgan fingerprint density at radius 1 is 1.03 bits per heavy atom. The summed E-state index contributed by atoms with van der Waals surface area (Å²) < 4.78 is 38.6. The molecule has 10 heteroatoms. The maximum absolute atomic E-state index is 12.9. The molecule has 0 saturated carbocycles. The molecule has 0 heterocycles. The molecule has 0 aliphatic rings. The van der Waals surface area contributed by atoms with Crippen LogP contribution in [-0.2, 0) is 26.1 Å². The van der Waals surface area contributed by atoms with E-state index in [4.69, 9.17) is 21.1 Å². The third-order valence-electron chi connectivity index (χ3n) is 4.80. The molecule has 180 valence electrons. The second-order valence-corrected chi connectivity index (χ2v) is 10.1. The van der Waals surface area contributed by atoms with Crippen molar-refractivity contribution in [3.63, 3.8) is 0 Å². The van der Waals surface area contributed by atoms with Gasteiger partial charge < -0.3 is 14.4 Å². The normalized spacial score (nSPS) is 11.5. The summed E-state index contributed by atoms with van der Waals surface area (Å²) in [6.45, 7) is 7.06. The summed E-state index contributed by atoms with van der Waals surface area (Å²) in [7, 11) is -2.70. The first-order chi connectivity index (χ1) is 15.5. The lowest BCUT2D eigenvalue weighted by Gasteiger charge is -2.30. The Morgan fingerprint density at radius 3 is 2.18 bits per heavy atom. The molecular weight excluding hydrogens is 468 g/mol. The zero-order chi connectivity index (χ0) is 24.8. The number of nitrogens with one attached hydrogen (secondary N) is 1. The maximum atomic E-state index is 12.9. The van der Waals surface area contributed by atoms with E-state index >= 15 is 0 Å². The quantitative estimate of drug-likeness (QED) is 0.504. The molecule has 0 aromatic heterocycles. The molecule has 2 aromatic rings. The molecular formula is C23H29ClN2O6S. The van der Waals surface area contributed by atoms with Gasteiger partial charge in [-0.3, -0.25) is 4.79 Å².